The van der Waals surface area contributed by atoms with Gasteiger partial charge in [-0.1, -0.05) is 13.8 Å². The third-order valence-corrected chi connectivity index (χ3v) is 6.01. The Kier molecular flexibility index (Phi) is 4.54. The van der Waals surface area contributed by atoms with Crippen molar-refractivity contribution >= 4 is 0 Å². The van der Waals surface area contributed by atoms with Crippen LogP contribution >= 0.6 is 0 Å². The van der Waals surface area contributed by atoms with Crippen LogP contribution in [0.15, 0.2) is 0 Å². The van der Waals surface area contributed by atoms with E-state index in [1.165, 1.54) is 0 Å². The van der Waals surface area contributed by atoms with Crippen LogP contribution < -0.4 is 0 Å². The molecule has 0 amide bonds. The fraction of sp³-hybridized carbons (Fsp3) is 1.00. The zero-order valence-electron chi connectivity index (χ0n) is 13.7. The van der Waals surface area contributed by atoms with Gasteiger partial charge in [0.25, 0.3) is 0 Å². The third kappa shape index (κ3) is 2.65. The highest BCUT2D eigenvalue weighted by atomic mass is 16.5. The number of hydrogen-bond acceptors (Lipinski definition) is 3. The predicted molar refractivity (Wildman–Crippen MR) is 80.4 cm³/mol. The van der Waals surface area contributed by atoms with Crippen LogP contribution in [0.5, 0.6) is 0 Å². The lowest BCUT2D eigenvalue weighted by Gasteiger charge is -2.41. The van der Waals surface area contributed by atoms with Crippen LogP contribution in [0.2, 0.25) is 0 Å². The second kappa shape index (κ2) is 5.58. The molecule has 2 rings (SSSR count). The summed E-state index contributed by atoms with van der Waals surface area (Å²) in [7, 11) is 0. The van der Waals surface area contributed by atoms with Gasteiger partial charge in [0.05, 0.1) is 17.3 Å². The van der Waals surface area contributed by atoms with Crippen LogP contribution in [0.4, 0.5) is 0 Å². The molecule has 2 aliphatic carbocycles. The monoisotopic (exact) mass is 284 g/mol. The molecule has 0 aliphatic heterocycles. The highest BCUT2D eigenvalue weighted by Gasteiger charge is 2.57. The first-order valence-corrected chi connectivity index (χ1v) is 8.27. The largest absolute Gasteiger partial charge is 0.392 e. The fourth-order valence-electron chi connectivity index (χ4n) is 4.83. The summed E-state index contributed by atoms with van der Waals surface area (Å²) in [6.45, 7) is 11.2. The van der Waals surface area contributed by atoms with E-state index in [2.05, 4.69) is 20.8 Å². The van der Waals surface area contributed by atoms with Crippen LogP contribution in [-0.2, 0) is 4.74 Å². The lowest BCUT2D eigenvalue weighted by molar-refractivity contribution is -0.121. The summed E-state index contributed by atoms with van der Waals surface area (Å²) in [6.07, 6.45) is 3.28. The van der Waals surface area contributed by atoms with Crippen LogP contribution in [0.1, 0.15) is 60.3 Å². The van der Waals surface area contributed by atoms with Crippen molar-refractivity contribution in [2.45, 2.75) is 77.6 Å². The van der Waals surface area contributed by atoms with Crippen molar-refractivity contribution in [2.24, 2.45) is 23.7 Å². The molecule has 0 aromatic carbocycles. The second-order valence-corrected chi connectivity index (χ2v) is 7.71. The van der Waals surface area contributed by atoms with Gasteiger partial charge in [-0.3, -0.25) is 0 Å². The van der Waals surface area contributed by atoms with Gasteiger partial charge >= 0.3 is 0 Å². The van der Waals surface area contributed by atoms with E-state index in [0.29, 0.717) is 12.5 Å². The van der Waals surface area contributed by atoms with Crippen molar-refractivity contribution in [3.8, 4) is 0 Å². The summed E-state index contributed by atoms with van der Waals surface area (Å²) in [5, 5.41) is 21.7. The molecule has 118 valence electrons. The van der Waals surface area contributed by atoms with Gasteiger partial charge < -0.3 is 14.9 Å². The van der Waals surface area contributed by atoms with Crippen molar-refractivity contribution in [1.29, 1.82) is 0 Å². The number of hydrogen-bond donors (Lipinski definition) is 2. The van der Waals surface area contributed by atoms with Crippen molar-refractivity contribution in [3.05, 3.63) is 0 Å². The van der Waals surface area contributed by atoms with E-state index in [1.807, 2.05) is 13.8 Å². The second-order valence-electron chi connectivity index (χ2n) is 7.71. The minimum absolute atomic E-state index is 0.0612. The first-order valence-electron chi connectivity index (χ1n) is 8.27. The Morgan fingerprint density at radius 2 is 1.85 bits per heavy atom. The van der Waals surface area contributed by atoms with Gasteiger partial charge in [0.1, 0.15) is 0 Å². The fourth-order valence-corrected chi connectivity index (χ4v) is 4.83. The molecule has 0 spiro atoms. The normalized spacial score (nSPS) is 49.2. The lowest BCUT2D eigenvalue weighted by Crippen LogP contribution is -2.48. The molecule has 2 N–H and O–H groups in total. The van der Waals surface area contributed by atoms with E-state index in [9.17, 15) is 10.2 Å². The van der Waals surface area contributed by atoms with Crippen molar-refractivity contribution in [1.82, 2.24) is 0 Å². The average Bonchev–Trinajstić information content (AvgIpc) is 2.59. The summed E-state index contributed by atoms with van der Waals surface area (Å²) in [6, 6.07) is 0. The summed E-state index contributed by atoms with van der Waals surface area (Å²) >= 11 is 0. The van der Waals surface area contributed by atoms with E-state index in [4.69, 9.17) is 4.74 Å². The third-order valence-electron chi connectivity index (χ3n) is 6.01. The van der Waals surface area contributed by atoms with E-state index in [-0.39, 0.29) is 23.4 Å². The number of rotatable bonds is 3. The highest BCUT2D eigenvalue weighted by Crippen LogP contribution is 2.54. The minimum Gasteiger partial charge on any atom is -0.392 e. The molecule has 0 radical (unpaired) electrons. The van der Waals surface area contributed by atoms with Crippen LogP contribution in [-0.4, -0.2) is 34.1 Å². The Hall–Kier alpha value is -0.120. The molecule has 2 saturated carbocycles. The molecule has 2 aliphatic rings. The highest BCUT2D eigenvalue weighted by molar-refractivity contribution is 5.07. The van der Waals surface area contributed by atoms with Gasteiger partial charge in [-0.15, -0.1) is 0 Å². The number of ether oxygens (including phenoxy) is 1. The molecule has 20 heavy (non-hydrogen) atoms. The van der Waals surface area contributed by atoms with Crippen LogP contribution in [0, 0.1) is 23.7 Å². The predicted octanol–water partition coefficient (Wildman–Crippen LogP) is 2.99. The van der Waals surface area contributed by atoms with Gasteiger partial charge in [0, 0.05) is 12.5 Å². The summed E-state index contributed by atoms with van der Waals surface area (Å²) in [5.74, 6) is 0.894. The standard InChI is InChI=1S/C17H32O3/c1-6-20-17(5)10-7-12(11(2)3)15(18)14-13(17)8-9-16(14,4)19/h11-15,18-19H,6-10H2,1-5H3/t12-,13+,14+,15+,16-,17+/m0/s1. The Morgan fingerprint density at radius 1 is 1.20 bits per heavy atom. The smallest absolute Gasteiger partial charge is 0.0687 e. The van der Waals surface area contributed by atoms with Crippen LogP contribution in [0.3, 0.4) is 0 Å². The van der Waals surface area contributed by atoms with Crippen molar-refractivity contribution < 1.29 is 14.9 Å². The summed E-state index contributed by atoms with van der Waals surface area (Å²) < 4.78 is 6.11. The maximum Gasteiger partial charge on any atom is 0.0687 e. The molecule has 0 unspecified atom stereocenters. The van der Waals surface area contributed by atoms with E-state index < -0.39 is 11.7 Å². The summed E-state index contributed by atoms with van der Waals surface area (Å²) in [4.78, 5) is 0. The van der Waals surface area contributed by atoms with Gasteiger partial charge in [-0.25, -0.2) is 0 Å². The molecule has 0 saturated heterocycles. The molecule has 0 aromatic rings. The Balaban J connectivity index is 2.37. The molecule has 2 fully saturated rings. The maximum atomic E-state index is 10.9. The Bertz CT molecular complexity index is 339. The average molecular weight is 284 g/mol. The minimum atomic E-state index is -0.764. The van der Waals surface area contributed by atoms with Crippen molar-refractivity contribution in [3.63, 3.8) is 0 Å². The number of aliphatic hydroxyl groups excluding tert-OH is 1. The number of aliphatic hydroxyl groups is 2. The Labute approximate surface area is 123 Å². The van der Waals surface area contributed by atoms with E-state index >= 15 is 0 Å². The lowest BCUT2D eigenvalue weighted by atomic mass is 9.73. The first kappa shape index (κ1) is 16.3. The first-order chi connectivity index (χ1) is 9.23. The van der Waals surface area contributed by atoms with Crippen molar-refractivity contribution in [2.75, 3.05) is 6.61 Å². The molecular formula is C17H32O3. The molecule has 3 nitrogen and oxygen atoms in total. The molecule has 0 aromatic heterocycles. The quantitative estimate of drug-likeness (QED) is 0.837. The van der Waals surface area contributed by atoms with Gasteiger partial charge in [0.2, 0.25) is 0 Å². The molecular weight excluding hydrogens is 252 g/mol. The molecule has 6 atom stereocenters. The maximum absolute atomic E-state index is 10.9. The van der Waals surface area contributed by atoms with Gasteiger partial charge in [-0.2, -0.15) is 0 Å². The van der Waals surface area contributed by atoms with E-state index in [0.717, 1.165) is 25.7 Å². The topological polar surface area (TPSA) is 49.7 Å². The Morgan fingerprint density at radius 3 is 2.40 bits per heavy atom. The van der Waals surface area contributed by atoms with E-state index in [1.54, 1.807) is 0 Å². The summed E-state index contributed by atoms with van der Waals surface area (Å²) in [5.41, 5.74) is -0.968. The molecule has 3 heteroatoms. The zero-order valence-corrected chi connectivity index (χ0v) is 13.7. The van der Waals surface area contributed by atoms with Crippen LogP contribution in [0.25, 0.3) is 0 Å². The SMILES string of the molecule is CCO[C@]1(C)CC[C@@H](C(C)C)[C@@H](O)[C@H]2[C@H]1CC[C@]2(C)O. The molecule has 0 bridgehead atoms. The van der Waals surface area contributed by atoms with Gasteiger partial charge in [-0.05, 0) is 64.2 Å². The number of fused-ring (bicyclic) bond motifs is 1. The van der Waals surface area contributed by atoms with Gasteiger partial charge in [0.15, 0.2) is 0 Å². The molecule has 0 heterocycles. The zero-order chi connectivity index (χ0) is 15.1.